The minimum atomic E-state index is 0.598. The molecule has 76 valence electrons. The van der Waals surface area contributed by atoms with Crippen LogP contribution in [-0.4, -0.2) is 54.9 Å². The minimum absolute atomic E-state index is 0.598. The average Bonchev–Trinajstić information content (AvgIpc) is 2.61. The molecule has 3 nitrogen and oxygen atoms in total. The predicted molar refractivity (Wildman–Crippen MR) is 56.1 cm³/mol. The van der Waals surface area contributed by atoms with Crippen LogP contribution in [0.4, 0.5) is 0 Å². The molecule has 0 bridgehead atoms. The zero-order chi connectivity index (χ0) is 9.10. The van der Waals surface area contributed by atoms with Crippen molar-refractivity contribution in [1.29, 1.82) is 0 Å². The highest BCUT2D eigenvalue weighted by molar-refractivity contribution is 7.99. The first-order valence-corrected chi connectivity index (χ1v) is 6.14. The normalized spacial score (nSPS) is 36.7. The summed E-state index contributed by atoms with van der Waals surface area (Å²) >= 11 is 2.00. The smallest absolute Gasteiger partial charge is 0.0619 e. The van der Waals surface area contributed by atoms with Crippen molar-refractivity contribution in [2.45, 2.75) is 19.0 Å². The van der Waals surface area contributed by atoms with Gasteiger partial charge in [-0.1, -0.05) is 0 Å². The van der Waals surface area contributed by atoms with Crippen molar-refractivity contribution < 1.29 is 4.74 Å². The van der Waals surface area contributed by atoms with Crippen LogP contribution in [0.3, 0.4) is 0 Å². The Hall–Kier alpha value is 0.230. The van der Waals surface area contributed by atoms with Crippen molar-refractivity contribution in [2.75, 3.05) is 37.9 Å². The molecule has 0 amide bonds. The summed E-state index contributed by atoms with van der Waals surface area (Å²) in [5.41, 5.74) is 0. The summed E-state index contributed by atoms with van der Waals surface area (Å²) in [7, 11) is 0. The van der Waals surface area contributed by atoms with Gasteiger partial charge in [-0.15, -0.1) is 11.8 Å². The van der Waals surface area contributed by atoms with Crippen LogP contribution in [0.25, 0.3) is 0 Å². The SMILES string of the molecule is CC1COCCN1CC1CSCN1. The summed E-state index contributed by atoms with van der Waals surface area (Å²) in [6, 6.07) is 1.30. The van der Waals surface area contributed by atoms with Crippen LogP contribution in [0.2, 0.25) is 0 Å². The molecule has 2 saturated heterocycles. The third kappa shape index (κ3) is 2.59. The number of morpholine rings is 1. The van der Waals surface area contributed by atoms with E-state index in [1.807, 2.05) is 11.8 Å². The van der Waals surface area contributed by atoms with E-state index in [2.05, 4.69) is 17.1 Å². The summed E-state index contributed by atoms with van der Waals surface area (Å²) < 4.78 is 5.41. The van der Waals surface area contributed by atoms with Gasteiger partial charge in [-0.25, -0.2) is 0 Å². The van der Waals surface area contributed by atoms with E-state index in [9.17, 15) is 0 Å². The molecule has 0 radical (unpaired) electrons. The van der Waals surface area contributed by atoms with Gasteiger partial charge in [0, 0.05) is 36.8 Å². The molecule has 2 unspecified atom stereocenters. The lowest BCUT2D eigenvalue weighted by Gasteiger charge is -2.34. The van der Waals surface area contributed by atoms with Gasteiger partial charge in [0.15, 0.2) is 0 Å². The van der Waals surface area contributed by atoms with E-state index in [4.69, 9.17) is 4.74 Å². The Balaban J connectivity index is 1.78. The van der Waals surface area contributed by atoms with Crippen molar-refractivity contribution in [3.8, 4) is 0 Å². The third-order valence-corrected chi connectivity index (χ3v) is 3.76. The predicted octanol–water partition coefficient (Wildman–Crippen LogP) is 0.370. The largest absolute Gasteiger partial charge is 0.379 e. The van der Waals surface area contributed by atoms with Crippen molar-refractivity contribution in [1.82, 2.24) is 10.2 Å². The molecule has 2 rings (SSSR count). The van der Waals surface area contributed by atoms with Gasteiger partial charge in [0.05, 0.1) is 13.2 Å². The molecule has 2 aliphatic rings. The fraction of sp³-hybridized carbons (Fsp3) is 1.00. The summed E-state index contributed by atoms with van der Waals surface area (Å²) in [5, 5.41) is 3.50. The lowest BCUT2D eigenvalue weighted by molar-refractivity contribution is -0.00284. The number of nitrogens with one attached hydrogen (secondary N) is 1. The van der Waals surface area contributed by atoms with E-state index in [1.54, 1.807) is 0 Å². The monoisotopic (exact) mass is 202 g/mol. The second kappa shape index (κ2) is 4.64. The van der Waals surface area contributed by atoms with Crippen molar-refractivity contribution in [3.63, 3.8) is 0 Å². The standard InChI is InChI=1S/C9H18N2OS/c1-8-5-12-3-2-11(8)4-9-6-13-7-10-9/h8-10H,2-7H2,1H3. The van der Waals surface area contributed by atoms with Crippen LogP contribution in [0.5, 0.6) is 0 Å². The molecule has 2 fully saturated rings. The molecule has 1 N–H and O–H groups in total. The lowest BCUT2D eigenvalue weighted by atomic mass is 10.2. The first kappa shape index (κ1) is 9.77. The Bertz CT molecular complexity index is 162. The van der Waals surface area contributed by atoms with Crippen LogP contribution in [0.1, 0.15) is 6.92 Å². The van der Waals surface area contributed by atoms with E-state index in [0.717, 1.165) is 25.6 Å². The first-order valence-electron chi connectivity index (χ1n) is 4.99. The third-order valence-electron chi connectivity index (χ3n) is 2.75. The van der Waals surface area contributed by atoms with Gasteiger partial charge in [-0.3, -0.25) is 4.90 Å². The topological polar surface area (TPSA) is 24.5 Å². The second-order valence-electron chi connectivity index (χ2n) is 3.84. The molecule has 2 heterocycles. The summed E-state index contributed by atoms with van der Waals surface area (Å²) in [4.78, 5) is 2.53. The van der Waals surface area contributed by atoms with Gasteiger partial charge < -0.3 is 10.1 Å². The van der Waals surface area contributed by atoms with E-state index in [1.165, 1.54) is 12.3 Å². The number of nitrogens with zero attached hydrogens (tertiary/aromatic N) is 1. The van der Waals surface area contributed by atoms with E-state index < -0.39 is 0 Å². The number of hydrogen-bond donors (Lipinski definition) is 1. The van der Waals surface area contributed by atoms with Crippen LogP contribution in [0.15, 0.2) is 0 Å². The number of hydrogen-bond acceptors (Lipinski definition) is 4. The number of thioether (sulfide) groups is 1. The van der Waals surface area contributed by atoms with E-state index in [-0.39, 0.29) is 0 Å². The van der Waals surface area contributed by atoms with Gasteiger partial charge >= 0.3 is 0 Å². The number of ether oxygens (including phenoxy) is 1. The molecule has 2 atom stereocenters. The maximum absolute atomic E-state index is 5.41. The Morgan fingerprint density at radius 1 is 1.62 bits per heavy atom. The van der Waals surface area contributed by atoms with Crippen LogP contribution in [0, 0.1) is 0 Å². The maximum Gasteiger partial charge on any atom is 0.0619 e. The van der Waals surface area contributed by atoms with Gasteiger partial charge in [0.2, 0.25) is 0 Å². The molecular weight excluding hydrogens is 184 g/mol. The quantitative estimate of drug-likeness (QED) is 0.699. The molecule has 4 heteroatoms. The van der Waals surface area contributed by atoms with Crippen LogP contribution in [-0.2, 0) is 4.74 Å². The molecule has 2 aliphatic heterocycles. The van der Waals surface area contributed by atoms with E-state index >= 15 is 0 Å². The van der Waals surface area contributed by atoms with Gasteiger partial charge in [0.1, 0.15) is 0 Å². The Morgan fingerprint density at radius 2 is 2.54 bits per heavy atom. The average molecular weight is 202 g/mol. The molecule has 0 aromatic carbocycles. The highest BCUT2D eigenvalue weighted by Crippen LogP contribution is 2.13. The molecule has 0 aliphatic carbocycles. The zero-order valence-corrected chi connectivity index (χ0v) is 8.98. The Labute approximate surface area is 84.2 Å². The molecular formula is C9H18N2OS. The van der Waals surface area contributed by atoms with Crippen molar-refractivity contribution in [2.24, 2.45) is 0 Å². The first-order chi connectivity index (χ1) is 6.36. The zero-order valence-electron chi connectivity index (χ0n) is 8.16. The molecule has 0 aromatic rings. The second-order valence-corrected chi connectivity index (χ2v) is 4.87. The van der Waals surface area contributed by atoms with Gasteiger partial charge in [-0.2, -0.15) is 0 Å². The van der Waals surface area contributed by atoms with Crippen LogP contribution >= 0.6 is 11.8 Å². The molecule has 0 aromatic heterocycles. The maximum atomic E-state index is 5.41. The fourth-order valence-electron chi connectivity index (χ4n) is 1.87. The lowest BCUT2D eigenvalue weighted by Crippen LogP contribution is -2.49. The molecule has 13 heavy (non-hydrogen) atoms. The van der Waals surface area contributed by atoms with Crippen molar-refractivity contribution in [3.05, 3.63) is 0 Å². The molecule has 0 spiro atoms. The summed E-state index contributed by atoms with van der Waals surface area (Å²) in [6.07, 6.45) is 0. The minimum Gasteiger partial charge on any atom is -0.379 e. The van der Waals surface area contributed by atoms with Crippen molar-refractivity contribution >= 4 is 11.8 Å². The van der Waals surface area contributed by atoms with E-state index in [0.29, 0.717) is 12.1 Å². The van der Waals surface area contributed by atoms with Gasteiger partial charge in [-0.05, 0) is 6.92 Å². The number of rotatable bonds is 2. The molecule has 0 saturated carbocycles. The fourth-order valence-corrected chi connectivity index (χ4v) is 2.85. The Kier molecular flexibility index (Phi) is 3.49. The highest BCUT2D eigenvalue weighted by Gasteiger charge is 2.23. The summed E-state index contributed by atoms with van der Waals surface area (Å²) in [6.45, 7) is 6.35. The highest BCUT2D eigenvalue weighted by atomic mass is 32.2. The van der Waals surface area contributed by atoms with Gasteiger partial charge in [0.25, 0.3) is 0 Å². The Morgan fingerprint density at radius 3 is 3.23 bits per heavy atom. The summed E-state index contributed by atoms with van der Waals surface area (Å²) in [5.74, 6) is 2.40. The van der Waals surface area contributed by atoms with Crippen LogP contribution < -0.4 is 5.32 Å².